The van der Waals surface area contributed by atoms with Gasteiger partial charge in [0.2, 0.25) is 11.8 Å². The normalized spacial score (nSPS) is 13.2. The van der Waals surface area contributed by atoms with Gasteiger partial charge >= 0.3 is 0 Å². The van der Waals surface area contributed by atoms with Gasteiger partial charge in [0.05, 0.1) is 18.5 Å². The third-order valence-corrected chi connectivity index (χ3v) is 4.32. The predicted molar refractivity (Wildman–Crippen MR) is 88.5 cm³/mol. The molecule has 1 aromatic heterocycles. The Morgan fingerprint density at radius 2 is 1.82 bits per heavy atom. The molecule has 2 amide bonds. The molecule has 0 saturated heterocycles. The summed E-state index contributed by atoms with van der Waals surface area (Å²) in [4.78, 5) is 24.6. The summed E-state index contributed by atoms with van der Waals surface area (Å²) < 4.78 is 0. The van der Waals surface area contributed by atoms with E-state index in [1.54, 1.807) is 0 Å². The van der Waals surface area contributed by atoms with Crippen LogP contribution in [0.2, 0.25) is 0 Å². The number of nitrogens with one attached hydrogen (secondary N) is 2. The van der Waals surface area contributed by atoms with E-state index in [2.05, 4.69) is 10.6 Å². The highest BCUT2D eigenvalue weighted by molar-refractivity contribution is 7.10. The van der Waals surface area contributed by atoms with Crippen LogP contribution in [-0.2, 0) is 9.59 Å². The lowest BCUT2D eigenvalue weighted by Gasteiger charge is -2.19. The van der Waals surface area contributed by atoms with Gasteiger partial charge in [-0.3, -0.25) is 9.59 Å². The Hall–Kier alpha value is -2.14. The quantitative estimate of drug-likeness (QED) is 0.860. The lowest BCUT2D eigenvalue weighted by atomic mass is 10.1. The predicted octanol–water partition coefficient (Wildman–Crippen LogP) is 3.19. The minimum Gasteiger partial charge on any atom is -0.350 e. The Morgan fingerprint density at radius 1 is 1.09 bits per heavy atom. The molecule has 5 heteroatoms. The van der Waals surface area contributed by atoms with E-state index in [1.807, 2.05) is 54.8 Å². The van der Waals surface area contributed by atoms with Crippen molar-refractivity contribution in [1.29, 1.82) is 0 Å². The van der Waals surface area contributed by atoms with Gasteiger partial charge in [-0.1, -0.05) is 36.4 Å². The monoisotopic (exact) mass is 316 g/mol. The van der Waals surface area contributed by atoms with Crippen molar-refractivity contribution in [1.82, 2.24) is 10.6 Å². The molecule has 0 spiro atoms. The molecule has 0 aliphatic heterocycles. The maximum atomic E-state index is 12.3. The van der Waals surface area contributed by atoms with Gasteiger partial charge in [0, 0.05) is 11.8 Å². The Kier molecular flexibility index (Phi) is 5.72. The summed E-state index contributed by atoms with van der Waals surface area (Å²) in [6.45, 7) is 3.41. The third-order valence-electron chi connectivity index (χ3n) is 3.33. The van der Waals surface area contributed by atoms with Crippen LogP contribution < -0.4 is 10.6 Å². The highest BCUT2D eigenvalue weighted by Gasteiger charge is 2.19. The number of carbonyl (C=O) groups is 2. The van der Waals surface area contributed by atoms with E-state index < -0.39 is 0 Å². The number of rotatable bonds is 6. The maximum absolute atomic E-state index is 12.3. The van der Waals surface area contributed by atoms with Crippen LogP contribution >= 0.6 is 11.3 Å². The Balaban J connectivity index is 1.98. The smallest absolute Gasteiger partial charge is 0.222 e. The molecule has 0 fully saturated rings. The number of hydrogen-bond donors (Lipinski definition) is 2. The first-order valence-electron chi connectivity index (χ1n) is 7.21. The zero-order valence-electron chi connectivity index (χ0n) is 12.7. The summed E-state index contributed by atoms with van der Waals surface area (Å²) in [7, 11) is 0. The molecule has 4 nitrogen and oxygen atoms in total. The second-order valence-electron chi connectivity index (χ2n) is 5.17. The molecule has 0 bridgehead atoms. The SMILES string of the molecule is CC(=O)N[C@@H](CC(=O)N[C@@H](C)c1ccccc1)c1cccs1. The molecular weight excluding hydrogens is 296 g/mol. The van der Waals surface area contributed by atoms with Crippen molar-refractivity contribution in [2.45, 2.75) is 32.4 Å². The van der Waals surface area contributed by atoms with Gasteiger partial charge in [0.15, 0.2) is 0 Å². The lowest BCUT2D eigenvalue weighted by Crippen LogP contribution is -2.33. The number of amides is 2. The zero-order valence-corrected chi connectivity index (χ0v) is 13.5. The fourth-order valence-electron chi connectivity index (χ4n) is 2.27. The van der Waals surface area contributed by atoms with Crippen LogP contribution in [0.5, 0.6) is 0 Å². The molecule has 2 aromatic rings. The van der Waals surface area contributed by atoms with Gasteiger partial charge in [-0.05, 0) is 23.9 Å². The van der Waals surface area contributed by atoms with Crippen molar-refractivity contribution >= 4 is 23.2 Å². The van der Waals surface area contributed by atoms with Gasteiger partial charge in [-0.25, -0.2) is 0 Å². The Morgan fingerprint density at radius 3 is 2.41 bits per heavy atom. The van der Waals surface area contributed by atoms with Crippen molar-refractivity contribution in [2.24, 2.45) is 0 Å². The first-order chi connectivity index (χ1) is 10.6. The van der Waals surface area contributed by atoms with E-state index in [0.29, 0.717) is 0 Å². The first kappa shape index (κ1) is 16.2. The molecule has 0 radical (unpaired) electrons. The van der Waals surface area contributed by atoms with Crippen molar-refractivity contribution in [2.75, 3.05) is 0 Å². The van der Waals surface area contributed by atoms with Gasteiger partial charge in [-0.2, -0.15) is 0 Å². The number of hydrogen-bond acceptors (Lipinski definition) is 3. The van der Waals surface area contributed by atoms with Crippen molar-refractivity contribution in [3.8, 4) is 0 Å². The summed E-state index contributed by atoms with van der Waals surface area (Å²) in [6.07, 6.45) is 0.233. The van der Waals surface area contributed by atoms with Gasteiger partial charge in [0.25, 0.3) is 0 Å². The highest BCUT2D eigenvalue weighted by atomic mass is 32.1. The average Bonchev–Trinajstić information content (AvgIpc) is 3.01. The Bertz CT molecular complexity index is 611. The molecule has 22 heavy (non-hydrogen) atoms. The van der Waals surface area contributed by atoms with E-state index in [4.69, 9.17) is 0 Å². The van der Waals surface area contributed by atoms with Gasteiger partial charge in [0.1, 0.15) is 0 Å². The summed E-state index contributed by atoms with van der Waals surface area (Å²) in [5.41, 5.74) is 1.06. The third kappa shape index (κ3) is 4.70. The van der Waals surface area contributed by atoms with Crippen LogP contribution in [0, 0.1) is 0 Å². The van der Waals surface area contributed by atoms with Crippen molar-refractivity contribution in [3.63, 3.8) is 0 Å². The minimum atomic E-state index is -0.277. The van der Waals surface area contributed by atoms with E-state index in [9.17, 15) is 9.59 Å². The molecule has 2 rings (SSSR count). The second-order valence-corrected chi connectivity index (χ2v) is 6.15. The first-order valence-corrected chi connectivity index (χ1v) is 8.09. The molecule has 0 aliphatic carbocycles. The second kappa shape index (κ2) is 7.75. The molecule has 0 saturated carbocycles. The van der Waals surface area contributed by atoms with E-state index >= 15 is 0 Å². The summed E-state index contributed by atoms with van der Waals surface area (Å²) in [6, 6.07) is 13.3. The summed E-state index contributed by atoms with van der Waals surface area (Å²) in [5, 5.41) is 7.75. The van der Waals surface area contributed by atoms with Crippen LogP contribution in [-0.4, -0.2) is 11.8 Å². The van der Waals surface area contributed by atoms with Gasteiger partial charge < -0.3 is 10.6 Å². The fraction of sp³-hybridized carbons (Fsp3) is 0.294. The highest BCUT2D eigenvalue weighted by Crippen LogP contribution is 2.22. The molecular formula is C17H20N2O2S. The number of benzene rings is 1. The fourth-order valence-corrected chi connectivity index (χ4v) is 3.05. The topological polar surface area (TPSA) is 58.2 Å². The Labute approximate surface area is 134 Å². The number of carbonyl (C=O) groups excluding carboxylic acids is 2. The van der Waals surface area contributed by atoms with Crippen LogP contribution in [0.1, 0.15) is 42.8 Å². The zero-order chi connectivity index (χ0) is 15.9. The maximum Gasteiger partial charge on any atom is 0.222 e. The summed E-state index contributed by atoms with van der Waals surface area (Å²) in [5.74, 6) is -0.217. The van der Waals surface area contributed by atoms with Crippen LogP contribution in [0.15, 0.2) is 47.8 Å². The molecule has 2 N–H and O–H groups in total. The lowest BCUT2D eigenvalue weighted by molar-refractivity contribution is -0.123. The van der Waals surface area contributed by atoms with Crippen LogP contribution in [0.25, 0.3) is 0 Å². The number of thiophene rings is 1. The molecule has 116 valence electrons. The summed E-state index contributed by atoms with van der Waals surface area (Å²) >= 11 is 1.54. The molecule has 1 aromatic carbocycles. The van der Waals surface area contributed by atoms with E-state index in [1.165, 1.54) is 18.3 Å². The van der Waals surface area contributed by atoms with Crippen LogP contribution in [0.4, 0.5) is 0 Å². The largest absolute Gasteiger partial charge is 0.350 e. The van der Waals surface area contributed by atoms with Crippen molar-refractivity contribution < 1.29 is 9.59 Å². The van der Waals surface area contributed by atoms with E-state index in [0.717, 1.165) is 10.4 Å². The van der Waals surface area contributed by atoms with Gasteiger partial charge in [-0.15, -0.1) is 11.3 Å². The molecule has 1 heterocycles. The molecule has 0 unspecified atom stereocenters. The van der Waals surface area contributed by atoms with E-state index in [-0.39, 0.29) is 30.3 Å². The molecule has 2 atom stereocenters. The minimum absolute atomic E-state index is 0.0602. The molecule has 0 aliphatic rings. The average molecular weight is 316 g/mol. The standard InChI is InChI=1S/C17H20N2O2S/c1-12(14-7-4-3-5-8-14)18-17(21)11-15(19-13(2)20)16-9-6-10-22-16/h3-10,12,15H,11H2,1-2H3,(H,18,21)(H,19,20)/t12-,15-/m0/s1. The van der Waals surface area contributed by atoms with Crippen molar-refractivity contribution in [3.05, 3.63) is 58.3 Å². The van der Waals surface area contributed by atoms with Crippen LogP contribution in [0.3, 0.4) is 0 Å².